The van der Waals surface area contributed by atoms with E-state index in [-0.39, 0.29) is 11.7 Å². The number of likely N-dealkylation sites (N-methyl/N-ethyl adjacent to an activating group) is 1. The van der Waals surface area contributed by atoms with Gasteiger partial charge in [0.2, 0.25) is 0 Å². The highest BCUT2D eigenvalue weighted by Crippen LogP contribution is 2.36. The van der Waals surface area contributed by atoms with Crippen LogP contribution in [0.3, 0.4) is 0 Å². The lowest BCUT2D eigenvalue weighted by atomic mass is 10.2. The van der Waals surface area contributed by atoms with Crippen LogP contribution in [-0.2, 0) is 0 Å². The van der Waals surface area contributed by atoms with Crippen molar-refractivity contribution in [1.82, 2.24) is 9.88 Å². The minimum Gasteiger partial charge on any atom is -0.391 e. The molecule has 0 amide bonds. The molecule has 116 valence electrons. The highest BCUT2D eigenvalue weighted by molar-refractivity contribution is 9.10. The molecule has 2 rings (SSSR count). The standard InChI is InChI=1S/C13H19BrN4O3/c1-8-11(18(20)21)5-15-13(12(8)14)17-7-10(19)4-9(17)6-16(2)3/h5,9-10,19H,4,6-7H2,1-3H3. The van der Waals surface area contributed by atoms with Crippen LogP contribution in [0.15, 0.2) is 10.7 Å². The van der Waals surface area contributed by atoms with Crippen LogP contribution in [0.25, 0.3) is 0 Å². The fraction of sp³-hybridized carbons (Fsp3) is 0.615. The van der Waals surface area contributed by atoms with Crippen molar-refractivity contribution in [3.05, 3.63) is 26.3 Å². The molecule has 0 bridgehead atoms. The van der Waals surface area contributed by atoms with Crippen LogP contribution in [0.4, 0.5) is 11.5 Å². The first-order valence-electron chi connectivity index (χ1n) is 6.70. The van der Waals surface area contributed by atoms with Gasteiger partial charge in [-0.2, -0.15) is 0 Å². The van der Waals surface area contributed by atoms with Crippen molar-refractivity contribution in [1.29, 1.82) is 0 Å². The minimum atomic E-state index is -0.437. The van der Waals surface area contributed by atoms with Crippen molar-refractivity contribution >= 4 is 27.4 Å². The molecule has 0 radical (unpaired) electrons. The first-order valence-corrected chi connectivity index (χ1v) is 7.49. The van der Waals surface area contributed by atoms with Crippen molar-refractivity contribution in [2.24, 2.45) is 0 Å². The zero-order valence-electron chi connectivity index (χ0n) is 12.3. The highest BCUT2D eigenvalue weighted by atomic mass is 79.9. The first-order chi connectivity index (χ1) is 9.81. The summed E-state index contributed by atoms with van der Waals surface area (Å²) < 4.78 is 0.620. The van der Waals surface area contributed by atoms with Crippen molar-refractivity contribution in [3.63, 3.8) is 0 Å². The molecule has 1 aliphatic heterocycles. The second-order valence-corrected chi connectivity index (χ2v) is 6.41. The third kappa shape index (κ3) is 3.33. The molecule has 1 fully saturated rings. The average Bonchev–Trinajstić information content (AvgIpc) is 2.72. The summed E-state index contributed by atoms with van der Waals surface area (Å²) in [7, 11) is 3.96. The Morgan fingerprint density at radius 2 is 2.29 bits per heavy atom. The summed E-state index contributed by atoms with van der Waals surface area (Å²) in [6.07, 6.45) is 1.55. The van der Waals surface area contributed by atoms with Crippen molar-refractivity contribution in [2.75, 3.05) is 32.1 Å². The molecule has 2 unspecified atom stereocenters. The molecule has 1 aromatic rings. The van der Waals surface area contributed by atoms with Gasteiger partial charge in [-0.15, -0.1) is 0 Å². The van der Waals surface area contributed by atoms with E-state index in [0.717, 1.165) is 6.54 Å². The zero-order valence-corrected chi connectivity index (χ0v) is 13.9. The molecule has 2 heterocycles. The number of nitrogens with zero attached hydrogens (tertiary/aromatic N) is 4. The Kier molecular flexibility index (Phi) is 4.80. The molecule has 1 N–H and O–H groups in total. The maximum atomic E-state index is 11.0. The summed E-state index contributed by atoms with van der Waals surface area (Å²) in [5.74, 6) is 0.654. The number of halogens is 1. The summed E-state index contributed by atoms with van der Waals surface area (Å²) >= 11 is 3.42. The third-order valence-electron chi connectivity index (χ3n) is 3.66. The Balaban J connectivity index is 2.36. The Hall–Kier alpha value is -1.25. The first kappa shape index (κ1) is 16.1. The molecule has 0 aliphatic carbocycles. The van der Waals surface area contributed by atoms with Gasteiger partial charge in [0.25, 0.3) is 5.69 Å². The van der Waals surface area contributed by atoms with Gasteiger partial charge in [-0.1, -0.05) is 0 Å². The summed E-state index contributed by atoms with van der Waals surface area (Å²) in [6, 6.07) is 0.139. The molecular weight excluding hydrogens is 340 g/mol. The molecule has 2 atom stereocenters. The van der Waals surface area contributed by atoms with E-state index in [4.69, 9.17) is 0 Å². The smallest absolute Gasteiger partial charge is 0.291 e. The quantitative estimate of drug-likeness (QED) is 0.649. The molecular formula is C13H19BrN4O3. The number of hydrogen-bond acceptors (Lipinski definition) is 6. The topological polar surface area (TPSA) is 82.7 Å². The number of β-amino-alcohol motifs (C(OH)–C–C–N with tert-alkyl or cyclic N) is 1. The fourth-order valence-corrected chi connectivity index (χ4v) is 3.22. The molecule has 8 heteroatoms. The summed E-state index contributed by atoms with van der Waals surface area (Å²) in [4.78, 5) is 18.8. The van der Waals surface area contributed by atoms with Crippen LogP contribution in [0.5, 0.6) is 0 Å². The van der Waals surface area contributed by atoms with Gasteiger partial charge in [0.15, 0.2) is 0 Å². The van der Waals surface area contributed by atoms with E-state index < -0.39 is 11.0 Å². The lowest BCUT2D eigenvalue weighted by Crippen LogP contribution is -2.38. The van der Waals surface area contributed by atoms with Crippen molar-refractivity contribution in [3.8, 4) is 0 Å². The van der Waals surface area contributed by atoms with Gasteiger partial charge in [-0.05, 0) is 43.4 Å². The van der Waals surface area contributed by atoms with E-state index in [1.165, 1.54) is 6.20 Å². The van der Waals surface area contributed by atoms with Crippen LogP contribution in [0.2, 0.25) is 0 Å². The number of pyridine rings is 1. The van der Waals surface area contributed by atoms with Gasteiger partial charge in [0.1, 0.15) is 12.0 Å². The maximum absolute atomic E-state index is 11.0. The van der Waals surface area contributed by atoms with Gasteiger partial charge < -0.3 is 14.9 Å². The van der Waals surface area contributed by atoms with Gasteiger partial charge in [-0.25, -0.2) is 4.98 Å². The van der Waals surface area contributed by atoms with Crippen LogP contribution < -0.4 is 4.90 Å². The zero-order chi connectivity index (χ0) is 15.7. The Morgan fingerprint density at radius 1 is 1.62 bits per heavy atom. The summed E-state index contributed by atoms with van der Waals surface area (Å²) in [6.45, 7) is 2.98. The highest BCUT2D eigenvalue weighted by Gasteiger charge is 2.34. The monoisotopic (exact) mass is 358 g/mol. The fourth-order valence-electron chi connectivity index (χ4n) is 2.69. The number of aromatic nitrogens is 1. The van der Waals surface area contributed by atoms with Crippen molar-refractivity contribution < 1.29 is 10.0 Å². The van der Waals surface area contributed by atoms with E-state index in [0.29, 0.717) is 28.8 Å². The van der Waals surface area contributed by atoms with Crippen LogP contribution in [0, 0.1) is 17.0 Å². The number of anilines is 1. The molecule has 7 nitrogen and oxygen atoms in total. The van der Waals surface area contributed by atoms with E-state index >= 15 is 0 Å². The van der Waals surface area contributed by atoms with Crippen LogP contribution in [0.1, 0.15) is 12.0 Å². The second kappa shape index (κ2) is 6.25. The predicted octanol–water partition coefficient (Wildman–Crippen LogP) is 1.56. The molecule has 1 saturated heterocycles. The molecule has 0 spiro atoms. The second-order valence-electron chi connectivity index (χ2n) is 5.62. The molecule has 0 aromatic carbocycles. The minimum absolute atomic E-state index is 0.00506. The van der Waals surface area contributed by atoms with Crippen molar-refractivity contribution in [2.45, 2.75) is 25.5 Å². The summed E-state index contributed by atoms with van der Waals surface area (Å²) in [5.41, 5.74) is 0.546. The van der Waals surface area contributed by atoms with E-state index in [9.17, 15) is 15.2 Å². The number of aliphatic hydroxyl groups excluding tert-OH is 1. The molecule has 21 heavy (non-hydrogen) atoms. The summed E-state index contributed by atoms with van der Waals surface area (Å²) in [5, 5.41) is 20.9. The van der Waals surface area contributed by atoms with Gasteiger partial charge in [0, 0.05) is 24.7 Å². The van der Waals surface area contributed by atoms with Gasteiger partial charge in [-0.3, -0.25) is 10.1 Å². The number of aliphatic hydroxyl groups is 1. The Labute approximate surface area is 131 Å². The number of rotatable bonds is 4. The largest absolute Gasteiger partial charge is 0.391 e. The van der Waals surface area contributed by atoms with E-state index in [1.807, 2.05) is 19.0 Å². The van der Waals surface area contributed by atoms with Gasteiger partial charge in [0.05, 0.1) is 15.5 Å². The lowest BCUT2D eigenvalue weighted by Gasteiger charge is -2.28. The SMILES string of the molecule is Cc1c([N+](=O)[O-])cnc(N2CC(O)CC2CN(C)C)c1Br. The lowest BCUT2D eigenvalue weighted by molar-refractivity contribution is -0.385. The molecule has 1 aromatic heterocycles. The molecule has 0 saturated carbocycles. The normalized spacial score (nSPS) is 22.1. The maximum Gasteiger partial charge on any atom is 0.291 e. The van der Waals surface area contributed by atoms with Gasteiger partial charge >= 0.3 is 0 Å². The van der Waals surface area contributed by atoms with Crippen LogP contribution in [-0.4, -0.2) is 59.2 Å². The average molecular weight is 359 g/mol. The third-order valence-corrected chi connectivity index (χ3v) is 4.61. The van der Waals surface area contributed by atoms with Crippen LogP contribution >= 0.6 is 15.9 Å². The predicted molar refractivity (Wildman–Crippen MR) is 83.6 cm³/mol. The van der Waals surface area contributed by atoms with E-state index in [1.54, 1.807) is 6.92 Å². The number of hydrogen-bond donors (Lipinski definition) is 1. The molecule has 1 aliphatic rings. The Morgan fingerprint density at radius 3 is 2.86 bits per heavy atom. The Bertz CT molecular complexity index is 552. The van der Waals surface area contributed by atoms with E-state index in [2.05, 4.69) is 25.8 Å². The number of nitro groups is 1.